The predicted molar refractivity (Wildman–Crippen MR) is 53.4 cm³/mol. The van der Waals surface area contributed by atoms with Crippen LogP contribution in [0.5, 0.6) is 0 Å². The van der Waals surface area contributed by atoms with Crippen LogP contribution < -0.4 is 0 Å². The van der Waals surface area contributed by atoms with E-state index < -0.39 is 0 Å². The number of rotatable bonds is 1. The van der Waals surface area contributed by atoms with Gasteiger partial charge in [-0.25, -0.2) is 4.99 Å². The van der Waals surface area contributed by atoms with Gasteiger partial charge in [0.25, 0.3) is 0 Å². The number of nitrogens with zero attached hydrogens (tertiary/aromatic N) is 2. The molecule has 0 amide bonds. The fourth-order valence-electron chi connectivity index (χ4n) is 1.12. The molecule has 0 radical (unpaired) electrons. The van der Waals surface area contributed by atoms with Gasteiger partial charge in [-0.1, -0.05) is 0 Å². The molecule has 0 bridgehead atoms. The summed E-state index contributed by atoms with van der Waals surface area (Å²) in [6, 6.07) is 3.94. The summed E-state index contributed by atoms with van der Waals surface area (Å²) >= 11 is 0. The van der Waals surface area contributed by atoms with Gasteiger partial charge < -0.3 is 0 Å². The van der Waals surface area contributed by atoms with Gasteiger partial charge in [-0.05, 0) is 41.3 Å². The topological polar surface area (TPSA) is 25.2 Å². The molecule has 1 aliphatic rings. The minimum atomic E-state index is 1.12. The summed E-state index contributed by atoms with van der Waals surface area (Å²) in [7, 11) is 0. The summed E-state index contributed by atoms with van der Waals surface area (Å²) in [5.74, 6) is 2.77. The van der Waals surface area contributed by atoms with Gasteiger partial charge in [0.05, 0.1) is 0 Å². The van der Waals surface area contributed by atoms with Gasteiger partial charge in [-0.2, -0.15) is 0 Å². The van der Waals surface area contributed by atoms with Gasteiger partial charge in [0.15, 0.2) is 0 Å². The van der Waals surface area contributed by atoms with Crippen molar-refractivity contribution in [3.05, 3.63) is 54.5 Å². The lowest BCUT2D eigenvalue weighted by molar-refractivity contribution is 1.32. The minimum Gasteiger partial charge on any atom is -0.265 e. The van der Waals surface area contributed by atoms with Gasteiger partial charge in [0.2, 0.25) is 0 Å². The minimum absolute atomic E-state index is 1.12. The van der Waals surface area contributed by atoms with Crippen LogP contribution in [0.4, 0.5) is 0 Å². The molecular weight excluding hydrogens is 160 g/mol. The average Bonchev–Trinajstić information content (AvgIpc) is 2.47. The molecule has 2 nitrogen and oxygen atoms in total. The SMILES string of the molecule is C1=CC=C(c2ccncc2)C=CN=1. The van der Waals surface area contributed by atoms with E-state index in [1.165, 1.54) is 0 Å². The van der Waals surface area contributed by atoms with Crippen molar-refractivity contribution < 1.29 is 0 Å². The Bertz CT molecular complexity index is 407. The maximum Gasteiger partial charge on any atom is 0.0374 e. The summed E-state index contributed by atoms with van der Waals surface area (Å²) in [4.78, 5) is 7.86. The molecule has 0 fully saturated rings. The van der Waals surface area contributed by atoms with E-state index in [2.05, 4.69) is 15.8 Å². The fourth-order valence-corrected chi connectivity index (χ4v) is 1.12. The van der Waals surface area contributed by atoms with E-state index in [-0.39, 0.29) is 0 Å². The molecule has 1 aromatic rings. The van der Waals surface area contributed by atoms with Crippen LogP contribution in [0.1, 0.15) is 5.56 Å². The van der Waals surface area contributed by atoms with E-state index >= 15 is 0 Å². The first kappa shape index (κ1) is 7.71. The first-order valence-electron chi connectivity index (χ1n) is 4.02. The first-order chi connectivity index (χ1) is 6.47. The van der Waals surface area contributed by atoms with Gasteiger partial charge in [-0.3, -0.25) is 4.98 Å². The Balaban J connectivity index is 2.39. The van der Waals surface area contributed by atoms with E-state index in [0.717, 1.165) is 11.1 Å². The Morgan fingerprint density at radius 2 is 2.00 bits per heavy atom. The van der Waals surface area contributed by atoms with E-state index in [1.54, 1.807) is 24.7 Å². The lowest BCUT2D eigenvalue weighted by Crippen LogP contribution is -1.80. The lowest BCUT2D eigenvalue weighted by Gasteiger charge is -1.98. The number of allylic oxidation sites excluding steroid dienone is 4. The van der Waals surface area contributed by atoms with Crippen molar-refractivity contribution in [2.75, 3.05) is 0 Å². The standard InChI is InChI=1S/C11H8N2/c1-2-10(3-7-12-6-1)11-4-8-13-9-5-11/h1-5,7-9H. The van der Waals surface area contributed by atoms with E-state index in [0.29, 0.717) is 0 Å². The smallest absolute Gasteiger partial charge is 0.0374 e. The average molecular weight is 168 g/mol. The van der Waals surface area contributed by atoms with Crippen molar-refractivity contribution >= 4 is 11.4 Å². The van der Waals surface area contributed by atoms with Crippen molar-refractivity contribution in [1.29, 1.82) is 0 Å². The van der Waals surface area contributed by atoms with Crippen LogP contribution >= 0.6 is 0 Å². The van der Waals surface area contributed by atoms with E-state index in [9.17, 15) is 0 Å². The zero-order chi connectivity index (χ0) is 8.93. The molecule has 0 saturated heterocycles. The molecule has 0 unspecified atom stereocenters. The quantitative estimate of drug-likeness (QED) is 0.631. The highest BCUT2D eigenvalue weighted by atomic mass is 14.6. The molecule has 0 aliphatic carbocycles. The highest BCUT2D eigenvalue weighted by molar-refractivity contribution is 5.78. The van der Waals surface area contributed by atoms with Crippen LogP contribution in [0, 0.1) is 0 Å². The van der Waals surface area contributed by atoms with Crippen LogP contribution in [-0.4, -0.2) is 10.9 Å². The molecule has 0 atom stereocenters. The van der Waals surface area contributed by atoms with Crippen LogP contribution in [-0.2, 0) is 0 Å². The summed E-state index contributed by atoms with van der Waals surface area (Å²) in [5.41, 5.74) is 2.26. The zero-order valence-electron chi connectivity index (χ0n) is 7.01. The van der Waals surface area contributed by atoms with Gasteiger partial charge in [0, 0.05) is 24.7 Å². The number of pyridine rings is 1. The maximum absolute atomic E-state index is 3.96. The molecule has 2 rings (SSSR count). The Kier molecular flexibility index (Phi) is 2.17. The van der Waals surface area contributed by atoms with Crippen LogP contribution in [0.25, 0.3) is 5.57 Å². The second-order valence-corrected chi connectivity index (χ2v) is 2.60. The van der Waals surface area contributed by atoms with Crippen LogP contribution in [0.15, 0.2) is 53.9 Å². The first-order valence-corrected chi connectivity index (χ1v) is 4.02. The van der Waals surface area contributed by atoms with E-state index in [4.69, 9.17) is 0 Å². The molecule has 62 valence electrons. The fraction of sp³-hybridized carbons (Fsp3) is 0. The number of hydrogen-bond donors (Lipinski definition) is 0. The highest BCUT2D eigenvalue weighted by Crippen LogP contribution is 2.15. The van der Waals surface area contributed by atoms with Crippen molar-refractivity contribution in [3.63, 3.8) is 0 Å². The molecule has 2 heterocycles. The summed E-state index contributed by atoms with van der Waals surface area (Å²) < 4.78 is 0. The molecule has 0 saturated carbocycles. The lowest BCUT2D eigenvalue weighted by atomic mass is 10.1. The zero-order valence-corrected chi connectivity index (χ0v) is 7.01. The number of hydrogen-bond acceptors (Lipinski definition) is 2. The largest absolute Gasteiger partial charge is 0.265 e. The second kappa shape index (κ2) is 3.65. The van der Waals surface area contributed by atoms with Gasteiger partial charge >= 0.3 is 0 Å². The third kappa shape index (κ3) is 1.81. The molecule has 2 heteroatoms. The molecule has 0 aromatic carbocycles. The number of aliphatic imine (C=N–C) groups is 1. The molecular formula is C11H8N2. The Morgan fingerprint density at radius 3 is 2.85 bits per heavy atom. The Labute approximate surface area is 76.7 Å². The molecule has 0 spiro atoms. The van der Waals surface area contributed by atoms with Crippen molar-refractivity contribution in [2.45, 2.75) is 0 Å². The predicted octanol–water partition coefficient (Wildman–Crippen LogP) is 2.22. The normalized spacial score (nSPS) is 14.0. The second-order valence-electron chi connectivity index (χ2n) is 2.60. The Hall–Kier alpha value is -1.92. The number of aromatic nitrogens is 1. The van der Waals surface area contributed by atoms with Crippen molar-refractivity contribution in [3.8, 4) is 0 Å². The summed E-state index contributed by atoms with van der Waals surface area (Å²) in [5, 5.41) is 0. The van der Waals surface area contributed by atoms with Crippen LogP contribution in [0.3, 0.4) is 0 Å². The van der Waals surface area contributed by atoms with E-state index in [1.807, 2.05) is 24.3 Å². The monoisotopic (exact) mass is 168 g/mol. The summed E-state index contributed by atoms with van der Waals surface area (Å²) in [6.07, 6.45) is 11.0. The molecule has 1 aromatic heterocycles. The van der Waals surface area contributed by atoms with Crippen molar-refractivity contribution in [1.82, 2.24) is 4.98 Å². The third-order valence-electron chi connectivity index (χ3n) is 1.75. The van der Waals surface area contributed by atoms with Crippen molar-refractivity contribution in [2.24, 2.45) is 4.99 Å². The third-order valence-corrected chi connectivity index (χ3v) is 1.75. The van der Waals surface area contributed by atoms with Gasteiger partial charge in [0.1, 0.15) is 0 Å². The van der Waals surface area contributed by atoms with Gasteiger partial charge in [-0.15, -0.1) is 0 Å². The maximum atomic E-state index is 3.96. The molecule has 0 N–H and O–H groups in total. The summed E-state index contributed by atoms with van der Waals surface area (Å²) in [6.45, 7) is 0. The highest BCUT2D eigenvalue weighted by Gasteiger charge is 1.95. The Morgan fingerprint density at radius 1 is 1.15 bits per heavy atom. The molecule has 13 heavy (non-hydrogen) atoms. The molecule has 1 aliphatic heterocycles. The van der Waals surface area contributed by atoms with Crippen LogP contribution in [0.2, 0.25) is 0 Å².